The smallest absolute Gasteiger partial charge is 0.276 e. The van der Waals surface area contributed by atoms with E-state index >= 15 is 0 Å². The Hall–Kier alpha value is -2.19. The van der Waals surface area contributed by atoms with Gasteiger partial charge in [0.15, 0.2) is 5.69 Å². The normalized spacial score (nSPS) is 16.1. The molecule has 0 bridgehead atoms. The minimum Gasteiger partial charge on any atom is -0.361 e. The number of amides is 1. The van der Waals surface area contributed by atoms with E-state index in [1.54, 1.807) is 17.9 Å². The fraction of sp³-hybridized carbons (Fsp3) is 0.412. The molecule has 3 rings (SSSR count). The highest BCUT2D eigenvalue weighted by molar-refractivity contribution is 7.89. The molecule has 25 heavy (non-hydrogen) atoms. The van der Waals surface area contributed by atoms with E-state index in [2.05, 4.69) is 5.16 Å². The van der Waals surface area contributed by atoms with Crippen molar-refractivity contribution in [3.63, 3.8) is 0 Å². The number of aryl methyl sites for hydroxylation is 2. The van der Waals surface area contributed by atoms with Crippen molar-refractivity contribution in [3.05, 3.63) is 53.4 Å². The molecule has 0 spiro atoms. The van der Waals surface area contributed by atoms with Crippen LogP contribution in [0.2, 0.25) is 0 Å². The van der Waals surface area contributed by atoms with Gasteiger partial charge in [-0.15, -0.1) is 0 Å². The van der Waals surface area contributed by atoms with Gasteiger partial charge in [-0.1, -0.05) is 35.5 Å². The average Bonchev–Trinajstić information content (AvgIpc) is 3.07. The van der Waals surface area contributed by atoms with Crippen molar-refractivity contribution in [2.75, 3.05) is 31.9 Å². The van der Waals surface area contributed by atoms with Crippen molar-refractivity contribution in [1.29, 1.82) is 0 Å². The zero-order valence-electron chi connectivity index (χ0n) is 14.1. The predicted molar refractivity (Wildman–Crippen MR) is 92.6 cm³/mol. The van der Waals surface area contributed by atoms with Gasteiger partial charge in [0.25, 0.3) is 5.91 Å². The Balaban J connectivity index is 1.55. The molecular weight excluding hydrogens is 342 g/mol. The lowest BCUT2D eigenvalue weighted by Crippen LogP contribution is -2.51. The van der Waals surface area contributed by atoms with E-state index < -0.39 is 10.0 Å². The first-order valence-corrected chi connectivity index (χ1v) is 9.81. The van der Waals surface area contributed by atoms with Gasteiger partial charge in [-0.2, -0.15) is 4.31 Å². The molecular formula is C17H21N3O4S. The van der Waals surface area contributed by atoms with Gasteiger partial charge >= 0.3 is 0 Å². The summed E-state index contributed by atoms with van der Waals surface area (Å²) in [7, 11) is -3.33. The molecule has 8 heteroatoms. The lowest BCUT2D eigenvalue weighted by Gasteiger charge is -2.33. The third kappa shape index (κ3) is 4.26. The average molecular weight is 363 g/mol. The van der Waals surface area contributed by atoms with Crippen LogP contribution < -0.4 is 0 Å². The highest BCUT2D eigenvalue weighted by Gasteiger charge is 2.29. The van der Waals surface area contributed by atoms with Crippen LogP contribution >= 0.6 is 0 Å². The van der Waals surface area contributed by atoms with Gasteiger partial charge in [0, 0.05) is 32.2 Å². The summed E-state index contributed by atoms with van der Waals surface area (Å²) >= 11 is 0. The fourth-order valence-corrected chi connectivity index (χ4v) is 4.29. The number of sulfonamides is 1. The first-order chi connectivity index (χ1) is 12.0. The van der Waals surface area contributed by atoms with Crippen LogP contribution in [0.1, 0.15) is 21.8 Å². The molecule has 1 aliphatic heterocycles. The molecule has 1 aromatic carbocycles. The van der Waals surface area contributed by atoms with Crippen LogP contribution in [0.4, 0.5) is 0 Å². The van der Waals surface area contributed by atoms with E-state index in [0.717, 1.165) is 5.56 Å². The highest BCUT2D eigenvalue weighted by atomic mass is 32.2. The predicted octanol–water partition coefficient (Wildman–Crippen LogP) is 1.31. The summed E-state index contributed by atoms with van der Waals surface area (Å²) in [5.41, 5.74) is 1.26. The molecule has 1 aromatic heterocycles. The Morgan fingerprint density at radius 3 is 2.44 bits per heavy atom. The minimum absolute atomic E-state index is 0.0768. The van der Waals surface area contributed by atoms with Gasteiger partial charge in [0.2, 0.25) is 10.0 Å². The zero-order chi connectivity index (χ0) is 17.9. The van der Waals surface area contributed by atoms with Crippen molar-refractivity contribution in [3.8, 4) is 0 Å². The number of hydrogen-bond donors (Lipinski definition) is 0. The number of carbonyl (C=O) groups excluding carboxylic acids is 1. The molecule has 1 fully saturated rings. The lowest BCUT2D eigenvalue weighted by molar-refractivity contribution is 0.0687. The summed E-state index contributed by atoms with van der Waals surface area (Å²) in [5, 5.41) is 3.72. The summed E-state index contributed by atoms with van der Waals surface area (Å²) in [6.07, 6.45) is 0.487. The van der Waals surface area contributed by atoms with Crippen LogP contribution in [-0.2, 0) is 16.4 Å². The van der Waals surface area contributed by atoms with Crippen LogP contribution in [0, 0.1) is 6.92 Å². The Morgan fingerprint density at radius 2 is 1.84 bits per heavy atom. The second-order valence-electron chi connectivity index (χ2n) is 6.07. The van der Waals surface area contributed by atoms with Crippen molar-refractivity contribution < 1.29 is 17.7 Å². The van der Waals surface area contributed by atoms with Crippen molar-refractivity contribution in [2.45, 2.75) is 13.3 Å². The molecule has 0 N–H and O–H groups in total. The van der Waals surface area contributed by atoms with Crippen LogP contribution in [0.3, 0.4) is 0 Å². The summed E-state index contributed by atoms with van der Waals surface area (Å²) in [6, 6.07) is 11.1. The topological polar surface area (TPSA) is 83.7 Å². The molecule has 0 radical (unpaired) electrons. The number of carbonyl (C=O) groups is 1. The second-order valence-corrected chi connectivity index (χ2v) is 8.15. The van der Waals surface area contributed by atoms with Crippen molar-refractivity contribution in [1.82, 2.24) is 14.4 Å². The van der Waals surface area contributed by atoms with E-state index in [9.17, 15) is 13.2 Å². The quantitative estimate of drug-likeness (QED) is 0.800. The van der Waals surface area contributed by atoms with E-state index in [-0.39, 0.29) is 17.4 Å². The number of nitrogens with zero attached hydrogens (tertiary/aromatic N) is 3. The lowest BCUT2D eigenvalue weighted by atomic mass is 10.2. The number of rotatable bonds is 5. The van der Waals surface area contributed by atoms with Crippen molar-refractivity contribution in [2.24, 2.45) is 0 Å². The molecule has 0 aliphatic carbocycles. The largest absolute Gasteiger partial charge is 0.361 e. The first kappa shape index (κ1) is 17.6. The molecule has 1 amide bonds. The van der Waals surface area contributed by atoms with Gasteiger partial charge in [-0.3, -0.25) is 4.79 Å². The molecule has 2 aromatic rings. The molecule has 2 heterocycles. The zero-order valence-corrected chi connectivity index (χ0v) is 14.9. The van der Waals surface area contributed by atoms with Crippen molar-refractivity contribution >= 4 is 15.9 Å². The van der Waals surface area contributed by atoms with E-state index in [4.69, 9.17) is 4.52 Å². The van der Waals surface area contributed by atoms with Gasteiger partial charge in [-0.05, 0) is 18.9 Å². The van der Waals surface area contributed by atoms with E-state index in [1.807, 2.05) is 30.3 Å². The molecule has 0 saturated carbocycles. The van der Waals surface area contributed by atoms with E-state index in [0.29, 0.717) is 38.4 Å². The summed E-state index contributed by atoms with van der Waals surface area (Å²) < 4.78 is 31.4. The maximum Gasteiger partial charge on any atom is 0.276 e. The van der Waals surface area contributed by atoms with Gasteiger partial charge in [-0.25, -0.2) is 8.42 Å². The van der Waals surface area contributed by atoms with E-state index in [1.165, 1.54) is 4.31 Å². The SMILES string of the molecule is Cc1cc(C(=O)N2CCN(S(=O)(=O)CCc3ccccc3)CC2)no1. The van der Waals surface area contributed by atoms with Gasteiger partial charge < -0.3 is 9.42 Å². The Kier molecular flexibility index (Phi) is 5.19. The molecule has 0 atom stereocenters. The second kappa shape index (κ2) is 7.37. The van der Waals surface area contributed by atoms with Crippen LogP contribution in [0.5, 0.6) is 0 Å². The number of benzene rings is 1. The third-order valence-corrected chi connectivity index (χ3v) is 6.13. The Bertz CT molecular complexity index is 825. The standard InChI is InChI=1S/C17H21N3O4S/c1-14-13-16(18-24-14)17(21)19-8-10-20(11-9-19)25(22,23)12-7-15-5-3-2-4-6-15/h2-6,13H,7-12H2,1H3. The molecule has 0 unspecified atom stereocenters. The van der Waals surface area contributed by atoms with Crippen LogP contribution in [0.25, 0.3) is 0 Å². The van der Waals surface area contributed by atoms with Crippen LogP contribution in [0.15, 0.2) is 40.9 Å². The van der Waals surface area contributed by atoms with Gasteiger partial charge in [0.05, 0.1) is 5.75 Å². The molecule has 7 nitrogen and oxygen atoms in total. The highest BCUT2D eigenvalue weighted by Crippen LogP contribution is 2.13. The maximum absolute atomic E-state index is 12.5. The molecule has 1 saturated heterocycles. The number of aromatic nitrogens is 1. The van der Waals surface area contributed by atoms with Gasteiger partial charge in [0.1, 0.15) is 5.76 Å². The summed E-state index contributed by atoms with van der Waals surface area (Å²) in [5.74, 6) is 0.427. The Labute approximate surface area is 147 Å². The first-order valence-electron chi connectivity index (χ1n) is 8.20. The monoisotopic (exact) mass is 363 g/mol. The Morgan fingerprint density at radius 1 is 1.16 bits per heavy atom. The van der Waals surface area contributed by atoms with Crippen LogP contribution in [-0.4, -0.2) is 60.6 Å². The minimum atomic E-state index is -3.33. The summed E-state index contributed by atoms with van der Waals surface area (Å²) in [4.78, 5) is 13.9. The molecule has 134 valence electrons. The fourth-order valence-electron chi connectivity index (χ4n) is 2.82. The summed E-state index contributed by atoms with van der Waals surface area (Å²) in [6.45, 7) is 3.05. The third-order valence-electron chi connectivity index (χ3n) is 4.26. The molecule has 1 aliphatic rings. The number of piperazine rings is 1. The maximum atomic E-state index is 12.5. The number of hydrogen-bond acceptors (Lipinski definition) is 5.